The lowest BCUT2D eigenvalue weighted by atomic mass is 10.3. The highest BCUT2D eigenvalue weighted by Gasteiger charge is 2.08. The Balaban J connectivity index is 2.54. The molecular weight excluding hydrogens is 250 g/mol. The first-order chi connectivity index (χ1) is 9.74. The molecule has 0 fully saturated rings. The fourth-order valence-corrected chi connectivity index (χ4v) is 2.23. The smallest absolute Gasteiger partial charge is 0.224 e. The highest BCUT2D eigenvalue weighted by molar-refractivity contribution is 5.42. The van der Waals surface area contributed by atoms with Crippen LogP contribution in [0.25, 0.3) is 0 Å². The quantitative estimate of drug-likeness (QED) is 0.713. The van der Waals surface area contributed by atoms with Crippen molar-refractivity contribution in [3.63, 3.8) is 0 Å². The number of nitrogens with one attached hydrogen (secondary N) is 1. The monoisotopic (exact) mass is 279 g/mol. The van der Waals surface area contributed by atoms with Crippen LogP contribution in [0.5, 0.6) is 0 Å². The van der Waals surface area contributed by atoms with Gasteiger partial charge in [0.2, 0.25) is 5.95 Å². The second-order valence-electron chi connectivity index (χ2n) is 4.73. The summed E-state index contributed by atoms with van der Waals surface area (Å²) in [6, 6.07) is 1.99. The Hall–Kier alpha value is -1.36. The molecule has 0 aromatic carbocycles. The fraction of sp³-hybridized carbons (Fsp3) is 0.733. The summed E-state index contributed by atoms with van der Waals surface area (Å²) in [6.45, 7) is 14.9. The van der Waals surface area contributed by atoms with Crippen molar-refractivity contribution in [2.24, 2.45) is 0 Å². The van der Waals surface area contributed by atoms with E-state index in [4.69, 9.17) is 0 Å². The van der Waals surface area contributed by atoms with Gasteiger partial charge < -0.3 is 15.1 Å². The fourth-order valence-electron chi connectivity index (χ4n) is 2.23. The van der Waals surface area contributed by atoms with Crippen molar-refractivity contribution in [1.82, 2.24) is 14.9 Å². The number of nitrogens with zero attached hydrogens (tertiary/aromatic N) is 4. The third-order valence-electron chi connectivity index (χ3n) is 3.48. The molecule has 0 aliphatic rings. The van der Waals surface area contributed by atoms with Crippen LogP contribution >= 0.6 is 0 Å². The highest BCUT2D eigenvalue weighted by atomic mass is 15.2. The highest BCUT2D eigenvalue weighted by Crippen LogP contribution is 2.12. The van der Waals surface area contributed by atoms with Crippen molar-refractivity contribution in [2.75, 3.05) is 49.5 Å². The van der Waals surface area contributed by atoms with E-state index in [9.17, 15) is 0 Å². The summed E-state index contributed by atoms with van der Waals surface area (Å²) in [5.41, 5.74) is 0. The van der Waals surface area contributed by atoms with Crippen LogP contribution < -0.4 is 10.2 Å². The van der Waals surface area contributed by atoms with Gasteiger partial charge in [0.25, 0.3) is 0 Å². The number of anilines is 2. The number of rotatable bonds is 10. The normalized spacial score (nSPS) is 10.8. The van der Waals surface area contributed by atoms with E-state index in [1.807, 2.05) is 12.3 Å². The van der Waals surface area contributed by atoms with Crippen molar-refractivity contribution >= 4 is 11.8 Å². The second kappa shape index (κ2) is 9.53. The maximum absolute atomic E-state index is 4.56. The lowest BCUT2D eigenvalue weighted by molar-refractivity contribution is 0.300. The number of aromatic nitrogens is 2. The molecule has 1 heterocycles. The van der Waals surface area contributed by atoms with Gasteiger partial charge in [-0.1, -0.05) is 13.8 Å². The third-order valence-corrected chi connectivity index (χ3v) is 3.48. The lowest BCUT2D eigenvalue weighted by Crippen LogP contribution is -2.30. The van der Waals surface area contributed by atoms with Crippen LogP contribution in [0.1, 0.15) is 34.1 Å². The molecule has 1 N–H and O–H groups in total. The van der Waals surface area contributed by atoms with E-state index in [0.29, 0.717) is 5.95 Å². The van der Waals surface area contributed by atoms with Crippen molar-refractivity contribution < 1.29 is 0 Å². The molecule has 0 spiro atoms. The molecule has 0 bridgehead atoms. The third kappa shape index (κ3) is 5.33. The topological polar surface area (TPSA) is 44.3 Å². The Kier molecular flexibility index (Phi) is 7.95. The van der Waals surface area contributed by atoms with E-state index in [1.54, 1.807) is 0 Å². The summed E-state index contributed by atoms with van der Waals surface area (Å²) >= 11 is 0. The Bertz CT molecular complexity index is 365. The van der Waals surface area contributed by atoms with Gasteiger partial charge >= 0.3 is 0 Å². The minimum atomic E-state index is 0.715. The molecule has 0 aliphatic carbocycles. The van der Waals surface area contributed by atoms with E-state index in [2.05, 4.69) is 52.8 Å². The average Bonchev–Trinajstić information content (AvgIpc) is 2.48. The van der Waals surface area contributed by atoms with Gasteiger partial charge in [-0.15, -0.1) is 0 Å². The molecule has 20 heavy (non-hydrogen) atoms. The van der Waals surface area contributed by atoms with Crippen molar-refractivity contribution in [3.05, 3.63) is 12.3 Å². The molecule has 0 saturated heterocycles. The molecule has 5 nitrogen and oxygen atoms in total. The van der Waals surface area contributed by atoms with E-state index >= 15 is 0 Å². The zero-order chi connectivity index (χ0) is 14.8. The zero-order valence-electron chi connectivity index (χ0n) is 13.4. The first-order valence-electron chi connectivity index (χ1n) is 7.79. The second-order valence-corrected chi connectivity index (χ2v) is 4.73. The van der Waals surface area contributed by atoms with E-state index < -0.39 is 0 Å². The first-order valence-corrected chi connectivity index (χ1v) is 7.79. The van der Waals surface area contributed by atoms with Crippen molar-refractivity contribution in [2.45, 2.75) is 34.1 Å². The van der Waals surface area contributed by atoms with Crippen LogP contribution in [0.4, 0.5) is 11.8 Å². The Morgan fingerprint density at radius 3 is 2.40 bits per heavy atom. The van der Waals surface area contributed by atoms with Gasteiger partial charge in [0.15, 0.2) is 0 Å². The number of hydrogen-bond acceptors (Lipinski definition) is 5. The molecule has 0 atom stereocenters. The minimum Gasteiger partial charge on any atom is -0.357 e. The minimum absolute atomic E-state index is 0.715. The predicted octanol–water partition coefficient (Wildman–Crippen LogP) is 2.47. The molecule has 114 valence electrons. The van der Waals surface area contributed by atoms with Gasteiger partial charge in [0.1, 0.15) is 5.82 Å². The first kappa shape index (κ1) is 16.7. The maximum Gasteiger partial charge on any atom is 0.224 e. The lowest BCUT2D eigenvalue weighted by Gasteiger charge is -2.24. The molecule has 5 heteroatoms. The average molecular weight is 279 g/mol. The molecule has 1 aromatic heterocycles. The van der Waals surface area contributed by atoms with E-state index in [0.717, 1.165) is 51.5 Å². The van der Waals surface area contributed by atoms with Gasteiger partial charge in [0, 0.05) is 25.8 Å². The molecular formula is C15H29N5. The zero-order valence-corrected chi connectivity index (χ0v) is 13.4. The molecule has 0 amide bonds. The standard InChI is InChI=1S/C15H29N5/c1-5-16-15-17-11-10-14(18-15)20(8-4)13-9-12-19(6-2)7-3/h10-11H,5-9,12-13H2,1-4H3,(H,16,17,18). The summed E-state index contributed by atoms with van der Waals surface area (Å²) in [6.07, 6.45) is 2.99. The number of hydrogen-bond donors (Lipinski definition) is 1. The summed E-state index contributed by atoms with van der Waals surface area (Å²) < 4.78 is 0. The Morgan fingerprint density at radius 2 is 1.80 bits per heavy atom. The van der Waals surface area contributed by atoms with E-state index in [1.165, 1.54) is 0 Å². The van der Waals surface area contributed by atoms with Crippen LogP contribution in [-0.2, 0) is 0 Å². The summed E-state index contributed by atoms with van der Waals surface area (Å²) in [4.78, 5) is 13.6. The summed E-state index contributed by atoms with van der Waals surface area (Å²) in [5, 5.41) is 3.16. The van der Waals surface area contributed by atoms with E-state index in [-0.39, 0.29) is 0 Å². The van der Waals surface area contributed by atoms with Crippen LogP contribution in [0.15, 0.2) is 12.3 Å². The van der Waals surface area contributed by atoms with Crippen molar-refractivity contribution in [3.8, 4) is 0 Å². The Labute approximate surface area is 123 Å². The van der Waals surface area contributed by atoms with Gasteiger partial charge in [-0.3, -0.25) is 0 Å². The van der Waals surface area contributed by atoms with Crippen molar-refractivity contribution in [1.29, 1.82) is 0 Å². The van der Waals surface area contributed by atoms with Crippen LogP contribution in [0, 0.1) is 0 Å². The van der Waals surface area contributed by atoms with Gasteiger partial charge in [0.05, 0.1) is 0 Å². The van der Waals surface area contributed by atoms with Gasteiger partial charge in [-0.2, -0.15) is 4.98 Å². The summed E-state index contributed by atoms with van der Waals surface area (Å²) in [7, 11) is 0. The van der Waals surface area contributed by atoms with Gasteiger partial charge in [-0.05, 0) is 46.0 Å². The van der Waals surface area contributed by atoms with Gasteiger partial charge in [-0.25, -0.2) is 4.98 Å². The SMILES string of the molecule is CCNc1nccc(N(CC)CCCN(CC)CC)n1. The molecule has 0 radical (unpaired) electrons. The van der Waals surface area contributed by atoms with Crippen LogP contribution in [0.3, 0.4) is 0 Å². The molecule has 1 aromatic rings. The van der Waals surface area contributed by atoms with Crippen LogP contribution in [-0.4, -0.2) is 54.1 Å². The molecule has 0 unspecified atom stereocenters. The van der Waals surface area contributed by atoms with Crippen LogP contribution in [0.2, 0.25) is 0 Å². The summed E-state index contributed by atoms with van der Waals surface area (Å²) in [5.74, 6) is 1.73. The Morgan fingerprint density at radius 1 is 1.05 bits per heavy atom. The largest absolute Gasteiger partial charge is 0.357 e. The predicted molar refractivity (Wildman–Crippen MR) is 86.5 cm³/mol. The molecule has 0 aliphatic heterocycles. The maximum atomic E-state index is 4.56. The molecule has 0 saturated carbocycles. The molecule has 1 rings (SSSR count).